The predicted octanol–water partition coefficient (Wildman–Crippen LogP) is 4.26. The second-order valence-electron chi connectivity index (χ2n) is 5.63. The predicted molar refractivity (Wildman–Crippen MR) is 95.7 cm³/mol. The number of ether oxygens (including phenoxy) is 1. The molecule has 0 radical (unpaired) electrons. The first-order valence-electron chi connectivity index (χ1n) is 7.76. The number of nitrogens with one attached hydrogen (secondary N) is 2. The smallest absolute Gasteiger partial charge is 0.362 e. The van der Waals surface area contributed by atoms with Gasteiger partial charge < -0.3 is 15.4 Å². The molecule has 0 saturated heterocycles. The fourth-order valence-corrected chi connectivity index (χ4v) is 2.26. The molecule has 0 heterocycles. The molecular weight excluding hydrogens is 385 g/mol. The summed E-state index contributed by atoms with van der Waals surface area (Å²) in [7, 11) is 0. The summed E-state index contributed by atoms with van der Waals surface area (Å²) in [6.45, 7) is 0.930. The Labute approximate surface area is 158 Å². The van der Waals surface area contributed by atoms with Crippen molar-refractivity contribution in [3.63, 3.8) is 0 Å². The van der Waals surface area contributed by atoms with Crippen LogP contribution < -0.4 is 10.6 Å². The molecule has 0 atom stereocenters. The van der Waals surface area contributed by atoms with Crippen LogP contribution in [-0.2, 0) is 20.5 Å². The minimum absolute atomic E-state index is 0.0165. The van der Waals surface area contributed by atoms with Crippen LogP contribution in [0.2, 0.25) is 5.02 Å². The Morgan fingerprint density at radius 1 is 1.00 bits per heavy atom. The second kappa shape index (κ2) is 8.88. The van der Waals surface area contributed by atoms with Gasteiger partial charge >= 0.3 is 6.18 Å². The van der Waals surface area contributed by atoms with Crippen molar-refractivity contribution < 1.29 is 27.5 Å². The van der Waals surface area contributed by atoms with E-state index in [1.165, 1.54) is 12.1 Å². The maximum Gasteiger partial charge on any atom is 0.416 e. The summed E-state index contributed by atoms with van der Waals surface area (Å²) in [5.41, 5.74) is 0.444. The van der Waals surface area contributed by atoms with Gasteiger partial charge in [-0.25, -0.2) is 0 Å². The van der Waals surface area contributed by atoms with Crippen LogP contribution in [0.5, 0.6) is 0 Å². The number of benzene rings is 2. The number of carbonyl (C=O) groups is 2. The molecule has 0 aliphatic rings. The van der Waals surface area contributed by atoms with Gasteiger partial charge in [-0.3, -0.25) is 9.59 Å². The molecule has 0 aromatic heterocycles. The summed E-state index contributed by atoms with van der Waals surface area (Å²) in [6.07, 6.45) is -4.51. The Hall–Kier alpha value is -2.58. The highest BCUT2D eigenvalue weighted by Gasteiger charge is 2.30. The van der Waals surface area contributed by atoms with Crippen LogP contribution in [-0.4, -0.2) is 25.0 Å². The van der Waals surface area contributed by atoms with Crippen LogP contribution in [0.15, 0.2) is 42.5 Å². The van der Waals surface area contributed by atoms with Gasteiger partial charge in [-0.15, -0.1) is 0 Å². The lowest BCUT2D eigenvalue weighted by Gasteiger charge is -2.10. The first-order chi connectivity index (χ1) is 12.6. The zero-order valence-corrected chi connectivity index (χ0v) is 14.9. The molecule has 2 amide bonds. The van der Waals surface area contributed by atoms with Crippen LogP contribution in [0.25, 0.3) is 0 Å². The quantitative estimate of drug-likeness (QED) is 0.761. The van der Waals surface area contributed by atoms with Crippen LogP contribution in [0.4, 0.5) is 24.5 Å². The lowest BCUT2D eigenvalue weighted by molar-refractivity contribution is -0.137. The summed E-state index contributed by atoms with van der Waals surface area (Å²) in [6, 6.07) is 9.19. The van der Waals surface area contributed by atoms with Gasteiger partial charge in [0.05, 0.1) is 5.56 Å². The Kier molecular flexibility index (Phi) is 6.81. The van der Waals surface area contributed by atoms with Gasteiger partial charge in [0.25, 0.3) is 0 Å². The highest BCUT2D eigenvalue weighted by Crippen LogP contribution is 2.30. The third-order valence-electron chi connectivity index (χ3n) is 3.40. The molecule has 2 aromatic carbocycles. The van der Waals surface area contributed by atoms with Crippen LogP contribution in [0.1, 0.15) is 11.1 Å². The summed E-state index contributed by atoms with van der Waals surface area (Å²) in [5, 5.41) is 5.33. The number of alkyl halides is 3. The minimum atomic E-state index is -4.51. The molecule has 2 rings (SSSR count). The monoisotopic (exact) mass is 400 g/mol. The number of hydrogen-bond acceptors (Lipinski definition) is 3. The third kappa shape index (κ3) is 6.58. The average molecular weight is 401 g/mol. The van der Waals surface area contributed by atoms with Gasteiger partial charge in [-0.1, -0.05) is 23.7 Å². The van der Waals surface area contributed by atoms with Crippen LogP contribution >= 0.6 is 11.6 Å². The van der Waals surface area contributed by atoms with Crippen molar-refractivity contribution >= 4 is 34.8 Å². The molecule has 0 saturated carbocycles. The number of anilines is 2. The van der Waals surface area contributed by atoms with Crippen LogP contribution in [0.3, 0.4) is 0 Å². The highest BCUT2D eigenvalue weighted by molar-refractivity contribution is 6.31. The Morgan fingerprint density at radius 3 is 2.15 bits per heavy atom. The van der Waals surface area contributed by atoms with E-state index < -0.39 is 36.8 Å². The molecule has 0 aliphatic carbocycles. The minimum Gasteiger partial charge on any atom is -0.362 e. The van der Waals surface area contributed by atoms with Crippen molar-refractivity contribution in [2.45, 2.75) is 13.1 Å². The largest absolute Gasteiger partial charge is 0.416 e. The first-order valence-corrected chi connectivity index (χ1v) is 8.14. The SMILES string of the molecule is Cc1ccc(NC(=O)COCC(=O)Nc2cccc(C(F)(F)F)c2)cc1Cl. The van der Waals surface area contributed by atoms with E-state index in [2.05, 4.69) is 10.6 Å². The van der Waals surface area contributed by atoms with Crippen molar-refractivity contribution in [3.05, 3.63) is 58.6 Å². The van der Waals surface area contributed by atoms with Gasteiger partial charge in [0, 0.05) is 16.4 Å². The molecule has 0 unspecified atom stereocenters. The number of amides is 2. The zero-order valence-electron chi connectivity index (χ0n) is 14.2. The summed E-state index contributed by atoms with van der Waals surface area (Å²) in [4.78, 5) is 23.5. The Balaban J connectivity index is 1.79. The molecule has 0 aliphatic heterocycles. The van der Waals surface area contributed by atoms with E-state index in [0.29, 0.717) is 10.7 Å². The molecule has 0 fully saturated rings. The van der Waals surface area contributed by atoms with E-state index in [1.54, 1.807) is 18.2 Å². The Morgan fingerprint density at radius 2 is 1.59 bits per heavy atom. The third-order valence-corrected chi connectivity index (χ3v) is 3.80. The number of hydrogen-bond donors (Lipinski definition) is 2. The maximum absolute atomic E-state index is 12.6. The fourth-order valence-electron chi connectivity index (χ4n) is 2.07. The summed E-state index contributed by atoms with van der Waals surface area (Å²) >= 11 is 5.95. The lowest BCUT2D eigenvalue weighted by atomic mass is 10.2. The molecule has 2 aromatic rings. The molecular formula is C18H16ClF3N2O3. The summed E-state index contributed by atoms with van der Waals surface area (Å²) < 4.78 is 42.9. The van der Waals surface area contributed by atoms with Gasteiger partial charge in [0.15, 0.2) is 0 Å². The van der Waals surface area contributed by atoms with Gasteiger partial charge in [-0.2, -0.15) is 13.2 Å². The first kappa shape index (κ1) is 20.7. The van der Waals surface area contributed by atoms with Gasteiger partial charge in [-0.05, 0) is 42.8 Å². The molecule has 5 nitrogen and oxygen atoms in total. The number of halogens is 4. The van der Waals surface area contributed by atoms with E-state index in [4.69, 9.17) is 16.3 Å². The van der Waals surface area contributed by atoms with Gasteiger partial charge in [0.1, 0.15) is 13.2 Å². The molecule has 9 heteroatoms. The average Bonchev–Trinajstić information content (AvgIpc) is 2.57. The standard InChI is InChI=1S/C18H16ClF3N2O3/c1-11-5-6-14(8-15(11)19)24-17(26)10-27-9-16(25)23-13-4-2-3-12(7-13)18(20,21)22/h2-8H,9-10H2,1H3,(H,23,25)(H,24,26). The van der Waals surface area contributed by atoms with E-state index in [0.717, 1.165) is 17.7 Å². The van der Waals surface area contributed by atoms with Crippen molar-refractivity contribution in [2.75, 3.05) is 23.8 Å². The molecule has 0 spiro atoms. The molecule has 27 heavy (non-hydrogen) atoms. The van der Waals surface area contributed by atoms with E-state index in [9.17, 15) is 22.8 Å². The van der Waals surface area contributed by atoms with Crippen molar-refractivity contribution in [3.8, 4) is 0 Å². The fraction of sp³-hybridized carbons (Fsp3) is 0.222. The molecule has 144 valence electrons. The number of rotatable bonds is 6. The molecule has 2 N–H and O–H groups in total. The number of aryl methyl sites for hydroxylation is 1. The lowest BCUT2D eigenvalue weighted by Crippen LogP contribution is -2.24. The van der Waals surface area contributed by atoms with Crippen molar-refractivity contribution in [2.24, 2.45) is 0 Å². The zero-order chi connectivity index (χ0) is 20.0. The highest BCUT2D eigenvalue weighted by atomic mass is 35.5. The molecule has 0 bridgehead atoms. The van der Waals surface area contributed by atoms with Crippen molar-refractivity contribution in [1.29, 1.82) is 0 Å². The van der Waals surface area contributed by atoms with E-state index >= 15 is 0 Å². The topological polar surface area (TPSA) is 67.4 Å². The Bertz CT molecular complexity index is 841. The van der Waals surface area contributed by atoms with Gasteiger partial charge in [0.2, 0.25) is 11.8 Å². The second-order valence-corrected chi connectivity index (χ2v) is 6.04. The summed E-state index contributed by atoms with van der Waals surface area (Å²) in [5.74, 6) is -1.18. The van der Waals surface area contributed by atoms with E-state index in [1.807, 2.05) is 6.92 Å². The van der Waals surface area contributed by atoms with Crippen LogP contribution in [0, 0.1) is 6.92 Å². The van der Waals surface area contributed by atoms with E-state index in [-0.39, 0.29) is 5.69 Å². The van der Waals surface area contributed by atoms with Crippen molar-refractivity contribution in [1.82, 2.24) is 0 Å². The normalized spacial score (nSPS) is 11.1. The number of carbonyl (C=O) groups excluding carboxylic acids is 2. The maximum atomic E-state index is 12.6.